The summed E-state index contributed by atoms with van der Waals surface area (Å²) < 4.78 is 43.3. The molecule has 1 atom stereocenters. The van der Waals surface area contributed by atoms with Gasteiger partial charge in [0.2, 0.25) is 5.91 Å². The molecule has 2 aromatic rings. The standard InChI is InChI=1S/C18H18F3NO2/c1-12(14-4-3-5-15(11-14)18(19,20)21)22-17(23)10-13-6-8-16(24-2)9-7-13/h3-9,11-12H,10H2,1-2H3,(H,22,23). The number of rotatable bonds is 5. The Kier molecular flexibility index (Phi) is 5.49. The Morgan fingerprint density at radius 3 is 2.42 bits per heavy atom. The monoisotopic (exact) mass is 337 g/mol. The lowest BCUT2D eigenvalue weighted by Gasteiger charge is -2.16. The Balaban J connectivity index is 2.00. The summed E-state index contributed by atoms with van der Waals surface area (Å²) >= 11 is 0. The number of hydrogen-bond acceptors (Lipinski definition) is 2. The second kappa shape index (κ2) is 7.38. The molecule has 24 heavy (non-hydrogen) atoms. The van der Waals surface area contributed by atoms with E-state index in [1.165, 1.54) is 6.07 Å². The number of ether oxygens (including phenoxy) is 1. The third kappa shape index (κ3) is 4.75. The fourth-order valence-electron chi connectivity index (χ4n) is 2.29. The van der Waals surface area contributed by atoms with Crippen molar-refractivity contribution in [2.75, 3.05) is 7.11 Å². The number of alkyl halides is 3. The van der Waals surface area contributed by atoms with Crippen LogP contribution < -0.4 is 10.1 Å². The van der Waals surface area contributed by atoms with Crippen molar-refractivity contribution in [1.29, 1.82) is 0 Å². The predicted molar refractivity (Wildman–Crippen MR) is 84.7 cm³/mol. The molecule has 0 saturated heterocycles. The van der Waals surface area contributed by atoms with Crippen LogP contribution in [0.3, 0.4) is 0 Å². The van der Waals surface area contributed by atoms with E-state index in [2.05, 4.69) is 5.32 Å². The zero-order valence-corrected chi connectivity index (χ0v) is 13.4. The smallest absolute Gasteiger partial charge is 0.416 e. The Hall–Kier alpha value is -2.50. The van der Waals surface area contributed by atoms with E-state index in [4.69, 9.17) is 4.74 Å². The van der Waals surface area contributed by atoms with E-state index in [0.717, 1.165) is 17.7 Å². The summed E-state index contributed by atoms with van der Waals surface area (Å²) in [5.74, 6) is 0.432. The first-order valence-corrected chi connectivity index (χ1v) is 7.39. The Labute approximate surface area is 138 Å². The fourth-order valence-corrected chi connectivity index (χ4v) is 2.29. The highest BCUT2D eigenvalue weighted by Crippen LogP contribution is 2.30. The second-order valence-corrected chi connectivity index (χ2v) is 5.44. The minimum absolute atomic E-state index is 0.146. The van der Waals surface area contributed by atoms with Crippen molar-refractivity contribution in [3.05, 3.63) is 65.2 Å². The van der Waals surface area contributed by atoms with Crippen molar-refractivity contribution in [3.63, 3.8) is 0 Å². The SMILES string of the molecule is COc1ccc(CC(=O)NC(C)c2cccc(C(F)(F)F)c2)cc1. The van der Waals surface area contributed by atoms with Crippen LogP contribution >= 0.6 is 0 Å². The van der Waals surface area contributed by atoms with Crippen LogP contribution in [0.5, 0.6) is 5.75 Å². The molecule has 2 aromatic carbocycles. The molecule has 3 nitrogen and oxygen atoms in total. The Bertz CT molecular complexity index is 696. The number of carbonyl (C=O) groups excluding carboxylic acids is 1. The molecule has 1 amide bonds. The molecular formula is C18H18F3NO2. The highest BCUT2D eigenvalue weighted by Gasteiger charge is 2.30. The normalized spacial score (nSPS) is 12.5. The van der Waals surface area contributed by atoms with Crippen LogP contribution in [0.1, 0.15) is 29.7 Å². The lowest BCUT2D eigenvalue weighted by molar-refractivity contribution is -0.137. The van der Waals surface area contributed by atoms with Crippen molar-refractivity contribution < 1.29 is 22.7 Å². The molecule has 128 valence electrons. The molecule has 0 aromatic heterocycles. The van der Waals surface area contributed by atoms with Gasteiger partial charge in [0.05, 0.1) is 25.1 Å². The van der Waals surface area contributed by atoms with Crippen LogP contribution in [0.2, 0.25) is 0 Å². The van der Waals surface area contributed by atoms with E-state index in [0.29, 0.717) is 11.3 Å². The largest absolute Gasteiger partial charge is 0.497 e. The minimum Gasteiger partial charge on any atom is -0.497 e. The van der Waals surface area contributed by atoms with Gasteiger partial charge in [0.1, 0.15) is 5.75 Å². The molecule has 1 N–H and O–H groups in total. The molecule has 0 aliphatic rings. The third-order valence-electron chi connectivity index (χ3n) is 3.62. The molecule has 0 aliphatic carbocycles. The summed E-state index contributed by atoms with van der Waals surface area (Å²) in [5.41, 5.74) is 0.480. The van der Waals surface area contributed by atoms with Crippen molar-refractivity contribution in [2.45, 2.75) is 25.6 Å². The molecule has 0 saturated carbocycles. The number of nitrogens with one attached hydrogen (secondary N) is 1. The summed E-state index contributed by atoms with van der Waals surface area (Å²) in [7, 11) is 1.55. The van der Waals surface area contributed by atoms with E-state index in [-0.39, 0.29) is 12.3 Å². The molecule has 2 rings (SSSR count). The average Bonchev–Trinajstić information content (AvgIpc) is 2.54. The highest BCUT2D eigenvalue weighted by atomic mass is 19.4. The predicted octanol–water partition coefficient (Wildman–Crippen LogP) is 4.13. The highest BCUT2D eigenvalue weighted by molar-refractivity contribution is 5.79. The van der Waals surface area contributed by atoms with Crippen molar-refractivity contribution in [3.8, 4) is 5.75 Å². The summed E-state index contributed by atoms with van der Waals surface area (Å²) in [4.78, 5) is 12.1. The number of hydrogen-bond donors (Lipinski definition) is 1. The maximum absolute atomic E-state index is 12.7. The van der Waals surface area contributed by atoms with Gasteiger partial charge in [-0.1, -0.05) is 24.3 Å². The van der Waals surface area contributed by atoms with E-state index < -0.39 is 17.8 Å². The Morgan fingerprint density at radius 1 is 1.17 bits per heavy atom. The average molecular weight is 337 g/mol. The van der Waals surface area contributed by atoms with Gasteiger partial charge in [-0.2, -0.15) is 13.2 Å². The van der Waals surface area contributed by atoms with Crippen LogP contribution in [0.4, 0.5) is 13.2 Å². The van der Waals surface area contributed by atoms with Gasteiger partial charge in [-0.15, -0.1) is 0 Å². The molecule has 0 bridgehead atoms. The molecule has 6 heteroatoms. The first-order chi connectivity index (χ1) is 11.3. The van der Waals surface area contributed by atoms with E-state index in [9.17, 15) is 18.0 Å². The van der Waals surface area contributed by atoms with Gasteiger partial charge in [0.25, 0.3) is 0 Å². The van der Waals surface area contributed by atoms with Gasteiger partial charge < -0.3 is 10.1 Å². The summed E-state index contributed by atoms with van der Waals surface area (Å²) in [5, 5.41) is 2.71. The van der Waals surface area contributed by atoms with Gasteiger partial charge in [0, 0.05) is 0 Å². The quantitative estimate of drug-likeness (QED) is 0.891. The number of methoxy groups -OCH3 is 1. The molecular weight excluding hydrogens is 319 g/mol. The van der Waals surface area contributed by atoms with Crippen molar-refractivity contribution in [1.82, 2.24) is 5.32 Å². The third-order valence-corrected chi connectivity index (χ3v) is 3.62. The maximum atomic E-state index is 12.7. The topological polar surface area (TPSA) is 38.3 Å². The molecule has 0 aliphatic heterocycles. The number of benzene rings is 2. The van der Waals surface area contributed by atoms with E-state index in [1.54, 1.807) is 44.4 Å². The van der Waals surface area contributed by atoms with Crippen LogP contribution in [0.15, 0.2) is 48.5 Å². The number of halogens is 3. The van der Waals surface area contributed by atoms with Crippen molar-refractivity contribution in [2.24, 2.45) is 0 Å². The van der Waals surface area contributed by atoms with Crippen molar-refractivity contribution >= 4 is 5.91 Å². The molecule has 0 radical (unpaired) electrons. The molecule has 0 spiro atoms. The fraction of sp³-hybridized carbons (Fsp3) is 0.278. The zero-order chi connectivity index (χ0) is 17.7. The van der Waals surface area contributed by atoms with Crippen LogP contribution in [-0.4, -0.2) is 13.0 Å². The van der Waals surface area contributed by atoms with Gasteiger partial charge >= 0.3 is 6.18 Å². The number of carbonyl (C=O) groups is 1. The minimum atomic E-state index is -4.40. The lowest BCUT2D eigenvalue weighted by Crippen LogP contribution is -2.28. The summed E-state index contributed by atoms with van der Waals surface area (Å²) in [6.45, 7) is 1.65. The lowest BCUT2D eigenvalue weighted by atomic mass is 10.0. The molecule has 0 heterocycles. The molecule has 1 unspecified atom stereocenters. The van der Waals surface area contributed by atoms with E-state index >= 15 is 0 Å². The first kappa shape index (κ1) is 17.8. The van der Waals surface area contributed by atoms with E-state index in [1.807, 2.05) is 0 Å². The zero-order valence-electron chi connectivity index (χ0n) is 13.4. The number of amides is 1. The van der Waals surface area contributed by atoms with Crippen LogP contribution in [0.25, 0.3) is 0 Å². The van der Waals surface area contributed by atoms with Gasteiger partial charge in [0.15, 0.2) is 0 Å². The van der Waals surface area contributed by atoms with Crippen LogP contribution in [0, 0.1) is 0 Å². The molecule has 0 fully saturated rings. The summed E-state index contributed by atoms with van der Waals surface area (Å²) in [6.07, 6.45) is -4.25. The van der Waals surface area contributed by atoms with Gasteiger partial charge in [-0.05, 0) is 42.3 Å². The first-order valence-electron chi connectivity index (χ1n) is 7.39. The van der Waals surface area contributed by atoms with Gasteiger partial charge in [-0.25, -0.2) is 0 Å². The maximum Gasteiger partial charge on any atom is 0.416 e. The Morgan fingerprint density at radius 2 is 1.83 bits per heavy atom. The van der Waals surface area contributed by atoms with Crippen LogP contribution in [-0.2, 0) is 17.4 Å². The summed E-state index contributed by atoms with van der Waals surface area (Å²) in [6, 6.07) is 11.5. The van der Waals surface area contributed by atoms with Gasteiger partial charge in [-0.3, -0.25) is 4.79 Å². The second-order valence-electron chi connectivity index (χ2n) is 5.44.